The normalized spacial score (nSPS) is 15.0. The van der Waals surface area contributed by atoms with E-state index < -0.39 is 0 Å². The van der Waals surface area contributed by atoms with Gasteiger partial charge in [0.2, 0.25) is 0 Å². The fourth-order valence-electron chi connectivity index (χ4n) is 3.33. The molecule has 1 saturated carbocycles. The van der Waals surface area contributed by atoms with Crippen molar-refractivity contribution in [2.24, 2.45) is 0 Å². The molecular formula is C21H22N2S. The van der Waals surface area contributed by atoms with Crippen molar-refractivity contribution in [2.75, 3.05) is 0 Å². The van der Waals surface area contributed by atoms with Crippen LogP contribution in [-0.4, -0.2) is 14.8 Å². The van der Waals surface area contributed by atoms with Crippen LogP contribution in [0, 0.1) is 6.92 Å². The highest BCUT2D eigenvalue weighted by Crippen LogP contribution is 2.37. The maximum absolute atomic E-state index is 4.78. The lowest BCUT2D eigenvalue weighted by Crippen LogP contribution is -2.02. The van der Waals surface area contributed by atoms with Gasteiger partial charge in [0.25, 0.3) is 0 Å². The van der Waals surface area contributed by atoms with Crippen molar-refractivity contribution in [1.82, 2.24) is 9.55 Å². The van der Waals surface area contributed by atoms with Gasteiger partial charge in [-0.25, -0.2) is 4.98 Å². The molecule has 1 fully saturated rings. The maximum Gasteiger partial charge on any atom is 0.173 e. The molecule has 0 saturated heterocycles. The quantitative estimate of drug-likeness (QED) is 0.592. The second kappa shape index (κ2) is 6.86. The Kier molecular flexibility index (Phi) is 4.44. The van der Waals surface area contributed by atoms with Gasteiger partial charge in [0, 0.05) is 16.5 Å². The van der Waals surface area contributed by atoms with Gasteiger partial charge < -0.3 is 0 Å². The molecule has 1 heterocycles. The molecule has 0 atom stereocenters. The molecule has 122 valence electrons. The SMILES string of the molecule is Cc1ccc(-c2cnc(SC3CCCC3)n2-c2ccccc2)cc1. The number of hydrogen-bond acceptors (Lipinski definition) is 2. The maximum atomic E-state index is 4.78. The van der Waals surface area contributed by atoms with E-state index in [0.29, 0.717) is 5.25 Å². The molecule has 3 aromatic rings. The molecule has 0 radical (unpaired) electrons. The summed E-state index contributed by atoms with van der Waals surface area (Å²) in [4.78, 5) is 4.78. The van der Waals surface area contributed by atoms with E-state index in [0.717, 1.165) is 5.16 Å². The second-order valence-electron chi connectivity index (χ2n) is 6.49. The summed E-state index contributed by atoms with van der Waals surface area (Å²) in [6.45, 7) is 2.12. The van der Waals surface area contributed by atoms with Crippen LogP contribution in [0.25, 0.3) is 16.9 Å². The molecule has 2 nitrogen and oxygen atoms in total. The first-order chi connectivity index (χ1) is 11.8. The molecule has 0 bridgehead atoms. The molecule has 1 aliphatic carbocycles. The first-order valence-corrected chi connectivity index (χ1v) is 9.56. The first-order valence-electron chi connectivity index (χ1n) is 8.68. The first kappa shape index (κ1) is 15.5. The van der Waals surface area contributed by atoms with E-state index in [2.05, 4.69) is 66.1 Å². The third-order valence-corrected chi connectivity index (χ3v) is 5.97. The fourth-order valence-corrected chi connectivity index (χ4v) is 4.62. The summed E-state index contributed by atoms with van der Waals surface area (Å²) in [5.74, 6) is 0. The molecule has 0 unspecified atom stereocenters. The highest BCUT2D eigenvalue weighted by Gasteiger charge is 2.21. The van der Waals surface area contributed by atoms with Crippen molar-refractivity contribution in [2.45, 2.75) is 43.0 Å². The van der Waals surface area contributed by atoms with Crippen LogP contribution in [0.3, 0.4) is 0 Å². The number of hydrogen-bond donors (Lipinski definition) is 0. The minimum absolute atomic E-state index is 0.709. The molecule has 0 spiro atoms. The summed E-state index contributed by atoms with van der Waals surface area (Å²) >= 11 is 1.94. The zero-order valence-corrected chi connectivity index (χ0v) is 14.8. The van der Waals surface area contributed by atoms with Gasteiger partial charge in [-0.15, -0.1) is 0 Å². The molecule has 24 heavy (non-hydrogen) atoms. The van der Waals surface area contributed by atoms with Gasteiger partial charge in [-0.2, -0.15) is 0 Å². The fraction of sp³-hybridized carbons (Fsp3) is 0.286. The van der Waals surface area contributed by atoms with Gasteiger partial charge in [-0.3, -0.25) is 4.57 Å². The summed E-state index contributed by atoms with van der Waals surface area (Å²) < 4.78 is 2.31. The van der Waals surface area contributed by atoms with E-state index in [1.54, 1.807) is 0 Å². The van der Waals surface area contributed by atoms with Crippen molar-refractivity contribution in [3.8, 4) is 16.9 Å². The Morgan fingerprint density at radius 1 is 0.958 bits per heavy atom. The molecule has 0 amide bonds. The third kappa shape index (κ3) is 3.13. The van der Waals surface area contributed by atoms with E-state index in [1.807, 2.05) is 18.0 Å². The van der Waals surface area contributed by atoms with Crippen molar-refractivity contribution in [1.29, 1.82) is 0 Å². The van der Waals surface area contributed by atoms with Gasteiger partial charge in [-0.05, 0) is 31.9 Å². The molecule has 1 aromatic heterocycles. The zero-order valence-electron chi connectivity index (χ0n) is 14.0. The number of aromatic nitrogens is 2. The van der Waals surface area contributed by atoms with Crippen LogP contribution in [0.15, 0.2) is 66.0 Å². The number of benzene rings is 2. The topological polar surface area (TPSA) is 17.8 Å². The monoisotopic (exact) mass is 334 g/mol. The number of aryl methyl sites for hydroxylation is 1. The van der Waals surface area contributed by atoms with Crippen LogP contribution in [-0.2, 0) is 0 Å². The number of rotatable bonds is 4. The second-order valence-corrected chi connectivity index (χ2v) is 7.75. The Labute approximate surface area is 147 Å². The smallest absolute Gasteiger partial charge is 0.173 e. The highest BCUT2D eigenvalue weighted by molar-refractivity contribution is 7.99. The Hall–Kier alpha value is -2.00. The Morgan fingerprint density at radius 3 is 2.38 bits per heavy atom. The predicted octanol–water partition coefficient (Wildman–Crippen LogP) is 5.88. The van der Waals surface area contributed by atoms with Crippen LogP contribution in [0.2, 0.25) is 0 Å². The van der Waals surface area contributed by atoms with Crippen molar-refractivity contribution >= 4 is 11.8 Å². The van der Waals surface area contributed by atoms with E-state index in [-0.39, 0.29) is 0 Å². The summed E-state index contributed by atoms with van der Waals surface area (Å²) in [6.07, 6.45) is 7.36. The average Bonchev–Trinajstić information content (AvgIpc) is 3.27. The van der Waals surface area contributed by atoms with Gasteiger partial charge in [0.1, 0.15) is 0 Å². The van der Waals surface area contributed by atoms with Crippen molar-refractivity contribution in [3.05, 3.63) is 66.4 Å². The molecule has 0 aliphatic heterocycles. The van der Waals surface area contributed by atoms with Crippen molar-refractivity contribution < 1.29 is 0 Å². The Balaban J connectivity index is 1.78. The number of para-hydroxylation sites is 1. The van der Waals surface area contributed by atoms with Crippen LogP contribution < -0.4 is 0 Å². The number of imidazole rings is 1. The average molecular weight is 334 g/mol. The summed E-state index contributed by atoms with van der Waals surface area (Å²) in [7, 11) is 0. The molecule has 4 rings (SSSR count). The largest absolute Gasteiger partial charge is 0.287 e. The summed E-state index contributed by atoms with van der Waals surface area (Å²) in [6, 6.07) is 19.3. The molecule has 2 aromatic carbocycles. The lowest BCUT2D eigenvalue weighted by Gasteiger charge is -2.14. The summed E-state index contributed by atoms with van der Waals surface area (Å²) in [5, 5.41) is 1.82. The van der Waals surface area contributed by atoms with E-state index >= 15 is 0 Å². The Morgan fingerprint density at radius 2 is 1.67 bits per heavy atom. The van der Waals surface area contributed by atoms with E-state index in [4.69, 9.17) is 4.98 Å². The van der Waals surface area contributed by atoms with Crippen LogP contribution in [0.5, 0.6) is 0 Å². The van der Waals surface area contributed by atoms with Crippen LogP contribution in [0.1, 0.15) is 31.2 Å². The molecular weight excluding hydrogens is 312 g/mol. The van der Waals surface area contributed by atoms with Gasteiger partial charge in [0.05, 0.1) is 11.9 Å². The zero-order chi connectivity index (χ0) is 16.4. The minimum atomic E-state index is 0.709. The van der Waals surface area contributed by atoms with E-state index in [1.165, 1.54) is 48.2 Å². The molecule has 3 heteroatoms. The summed E-state index contributed by atoms with van der Waals surface area (Å²) in [5.41, 5.74) is 4.85. The van der Waals surface area contributed by atoms with Crippen molar-refractivity contribution in [3.63, 3.8) is 0 Å². The lowest BCUT2D eigenvalue weighted by molar-refractivity contribution is 0.861. The minimum Gasteiger partial charge on any atom is -0.287 e. The van der Waals surface area contributed by atoms with Gasteiger partial charge in [0.15, 0.2) is 5.16 Å². The molecule has 1 aliphatic rings. The van der Waals surface area contributed by atoms with Crippen LogP contribution in [0.4, 0.5) is 0 Å². The highest BCUT2D eigenvalue weighted by atomic mass is 32.2. The standard InChI is InChI=1S/C21H22N2S/c1-16-11-13-17(14-12-16)20-15-22-21(24-19-9-5-6-10-19)23(20)18-7-3-2-4-8-18/h2-4,7-8,11-15,19H,5-6,9-10H2,1H3. The van der Waals surface area contributed by atoms with E-state index in [9.17, 15) is 0 Å². The predicted molar refractivity (Wildman–Crippen MR) is 102 cm³/mol. The number of thioether (sulfide) groups is 1. The van der Waals surface area contributed by atoms with Gasteiger partial charge >= 0.3 is 0 Å². The number of nitrogens with zero attached hydrogens (tertiary/aromatic N) is 2. The molecule has 0 N–H and O–H groups in total. The van der Waals surface area contributed by atoms with Crippen LogP contribution >= 0.6 is 11.8 Å². The third-order valence-electron chi connectivity index (χ3n) is 4.67. The van der Waals surface area contributed by atoms with Gasteiger partial charge in [-0.1, -0.05) is 72.6 Å². The lowest BCUT2D eigenvalue weighted by atomic mass is 10.1. The Bertz CT molecular complexity index is 800.